The number of rotatable bonds is 6. The third-order valence-corrected chi connectivity index (χ3v) is 5.35. The lowest BCUT2D eigenvalue weighted by Gasteiger charge is -2.14. The van der Waals surface area contributed by atoms with Crippen LogP contribution in [-0.2, 0) is 6.42 Å². The molecule has 0 N–H and O–H groups in total. The molecule has 0 unspecified atom stereocenters. The molecule has 0 saturated carbocycles. The Kier molecular flexibility index (Phi) is 5.57. The number of ether oxygens (including phenoxy) is 3. The van der Waals surface area contributed by atoms with Gasteiger partial charge in [-0.25, -0.2) is 0 Å². The molecule has 4 heteroatoms. The molecule has 4 nitrogen and oxygen atoms in total. The van der Waals surface area contributed by atoms with E-state index in [1.54, 1.807) is 21.3 Å². The Morgan fingerprint density at radius 3 is 2.17 bits per heavy atom. The molecule has 0 radical (unpaired) electrons. The second-order valence-corrected chi connectivity index (χ2v) is 7.26. The lowest BCUT2D eigenvalue weighted by atomic mass is 9.97. The van der Waals surface area contributed by atoms with Crippen LogP contribution in [-0.4, -0.2) is 26.3 Å². The first-order valence-electron chi connectivity index (χ1n) is 9.86. The van der Waals surface area contributed by atoms with Crippen LogP contribution >= 0.6 is 0 Å². The normalized spacial score (nSPS) is 10.8. The number of aromatic nitrogens is 1. The van der Waals surface area contributed by atoms with Gasteiger partial charge in [-0.3, -0.25) is 4.98 Å². The lowest BCUT2D eigenvalue weighted by molar-refractivity contribution is 0.354. The molecule has 4 aromatic rings. The lowest BCUT2D eigenvalue weighted by Crippen LogP contribution is -1.97. The molecule has 30 heavy (non-hydrogen) atoms. The van der Waals surface area contributed by atoms with Gasteiger partial charge in [0.15, 0.2) is 11.5 Å². The van der Waals surface area contributed by atoms with Crippen molar-refractivity contribution in [3.05, 3.63) is 83.7 Å². The van der Waals surface area contributed by atoms with Crippen LogP contribution in [0.4, 0.5) is 0 Å². The zero-order valence-electron chi connectivity index (χ0n) is 17.7. The predicted octanol–water partition coefficient (Wildman–Crippen LogP) is 5.83. The van der Waals surface area contributed by atoms with E-state index in [0.29, 0.717) is 6.42 Å². The van der Waals surface area contributed by atoms with Crippen molar-refractivity contribution in [3.8, 4) is 28.4 Å². The van der Waals surface area contributed by atoms with Crippen molar-refractivity contribution in [1.29, 1.82) is 0 Å². The van der Waals surface area contributed by atoms with Crippen molar-refractivity contribution >= 4 is 10.8 Å². The summed E-state index contributed by atoms with van der Waals surface area (Å²) in [5, 5.41) is 2.22. The average Bonchev–Trinajstić information content (AvgIpc) is 2.79. The molecule has 0 bridgehead atoms. The molecule has 0 spiro atoms. The van der Waals surface area contributed by atoms with E-state index in [9.17, 15) is 0 Å². The number of fused-ring (bicyclic) bond motifs is 1. The van der Waals surface area contributed by atoms with Crippen LogP contribution in [0.15, 0.2) is 66.9 Å². The van der Waals surface area contributed by atoms with E-state index >= 15 is 0 Å². The number of nitrogens with zero attached hydrogens (tertiary/aromatic N) is 1. The largest absolute Gasteiger partial charge is 0.496 e. The molecule has 0 aliphatic carbocycles. The summed E-state index contributed by atoms with van der Waals surface area (Å²) >= 11 is 0. The number of hydrogen-bond donors (Lipinski definition) is 0. The third-order valence-electron chi connectivity index (χ3n) is 5.35. The first-order valence-corrected chi connectivity index (χ1v) is 9.86. The first kappa shape index (κ1) is 19.8. The highest BCUT2D eigenvalue weighted by molar-refractivity contribution is 5.92. The van der Waals surface area contributed by atoms with E-state index in [1.165, 1.54) is 5.56 Å². The minimum atomic E-state index is 0.692. The van der Waals surface area contributed by atoms with Crippen LogP contribution in [0.2, 0.25) is 0 Å². The maximum absolute atomic E-state index is 5.70. The fourth-order valence-corrected chi connectivity index (χ4v) is 3.71. The van der Waals surface area contributed by atoms with Crippen LogP contribution in [0, 0.1) is 6.92 Å². The van der Waals surface area contributed by atoms with E-state index < -0.39 is 0 Å². The number of hydrogen-bond acceptors (Lipinski definition) is 4. The van der Waals surface area contributed by atoms with Crippen LogP contribution in [0.25, 0.3) is 21.9 Å². The van der Waals surface area contributed by atoms with E-state index in [-0.39, 0.29) is 0 Å². The molecule has 0 aliphatic heterocycles. The van der Waals surface area contributed by atoms with Crippen LogP contribution in [0.3, 0.4) is 0 Å². The molecule has 152 valence electrons. The van der Waals surface area contributed by atoms with Gasteiger partial charge in [0.05, 0.1) is 27.0 Å². The van der Waals surface area contributed by atoms with Gasteiger partial charge >= 0.3 is 0 Å². The average molecular weight is 399 g/mol. The summed E-state index contributed by atoms with van der Waals surface area (Å²) in [5.41, 5.74) is 5.54. The number of benzene rings is 3. The summed E-state index contributed by atoms with van der Waals surface area (Å²) in [7, 11) is 5.01. The third kappa shape index (κ3) is 3.81. The molecule has 0 fully saturated rings. The van der Waals surface area contributed by atoms with Gasteiger partial charge < -0.3 is 14.2 Å². The highest BCUT2D eigenvalue weighted by Crippen LogP contribution is 2.36. The molecule has 1 aromatic heterocycles. The highest BCUT2D eigenvalue weighted by Gasteiger charge is 2.13. The summed E-state index contributed by atoms with van der Waals surface area (Å²) in [6.07, 6.45) is 2.54. The number of methoxy groups -OCH3 is 3. The quantitative estimate of drug-likeness (QED) is 0.409. The zero-order chi connectivity index (χ0) is 21.1. The van der Waals surface area contributed by atoms with Gasteiger partial charge in [-0.15, -0.1) is 0 Å². The summed E-state index contributed by atoms with van der Waals surface area (Å²) in [4.78, 5) is 4.69. The monoisotopic (exact) mass is 399 g/mol. The van der Waals surface area contributed by atoms with Gasteiger partial charge in [-0.05, 0) is 53.8 Å². The van der Waals surface area contributed by atoms with Gasteiger partial charge in [-0.1, -0.05) is 35.9 Å². The van der Waals surface area contributed by atoms with Gasteiger partial charge in [-0.2, -0.15) is 0 Å². The van der Waals surface area contributed by atoms with Crippen molar-refractivity contribution in [1.82, 2.24) is 4.98 Å². The standard InChI is InChI=1S/C26H25NO3/c1-17-5-8-19(9-6-17)22-16-21-20(15-25(22)29-3)11-12-27-23(21)13-18-7-10-24(28-2)26(14-18)30-4/h5-12,14-16H,13H2,1-4H3. The smallest absolute Gasteiger partial charge is 0.160 e. The Hall–Kier alpha value is -3.53. The minimum absolute atomic E-state index is 0.692. The molecule has 1 heterocycles. The number of aryl methyl sites for hydroxylation is 1. The molecule has 4 rings (SSSR count). The Bertz CT molecular complexity index is 1180. The van der Waals surface area contributed by atoms with E-state index in [1.807, 2.05) is 30.5 Å². The van der Waals surface area contributed by atoms with Crippen molar-refractivity contribution < 1.29 is 14.2 Å². The zero-order valence-corrected chi connectivity index (χ0v) is 17.7. The SMILES string of the molecule is COc1ccc(Cc2nccc3cc(OC)c(-c4ccc(C)cc4)cc23)cc1OC. The van der Waals surface area contributed by atoms with Crippen molar-refractivity contribution in [2.45, 2.75) is 13.3 Å². The van der Waals surface area contributed by atoms with Crippen LogP contribution in [0.1, 0.15) is 16.8 Å². The second-order valence-electron chi connectivity index (χ2n) is 7.26. The minimum Gasteiger partial charge on any atom is -0.496 e. The van der Waals surface area contributed by atoms with Crippen molar-refractivity contribution in [2.24, 2.45) is 0 Å². The Labute approximate surface area is 177 Å². The van der Waals surface area contributed by atoms with Crippen LogP contribution < -0.4 is 14.2 Å². The maximum atomic E-state index is 5.70. The summed E-state index contributed by atoms with van der Waals surface area (Å²) in [6.45, 7) is 2.09. The fourth-order valence-electron chi connectivity index (χ4n) is 3.71. The topological polar surface area (TPSA) is 40.6 Å². The highest BCUT2D eigenvalue weighted by atomic mass is 16.5. The summed E-state index contributed by atoms with van der Waals surface area (Å²) < 4.78 is 16.5. The van der Waals surface area contributed by atoms with Gasteiger partial charge in [0, 0.05) is 23.6 Å². The first-order chi connectivity index (χ1) is 14.6. The van der Waals surface area contributed by atoms with Gasteiger partial charge in [0.1, 0.15) is 5.75 Å². The van der Waals surface area contributed by atoms with E-state index in [4.69, 9.17) is 19.2 Å². The Morgan fingerprint density at radius 1 is 0.733 bits per heavy atom. The molecule has 0 aliphatic rings. The predicted molar refractivity (Wildman–Crippen MR) is 121 cm³/mol. The fraction of sp³-hybridized carbons (Fsp3) is 0.192. The molecule has 3 aromatic carbocycles. The molecule has 0 atom stereocenters. The number of pyridine rings is 1. The van der Waals surface area contributed by atoms with Crippen molar-refractivity contribution in [3.63, 3.8) is 0 Å². The Morgan fingerprint density at radius 2 is 1.47 bits per heavy atom. The summed E-state index contributed by atoms with van der Waals surface area (Å²) in [5.74, 6) is 2.30. The molecular formula is C26H25NO3. The van der Waals surface area contributed by atoms with Gasteiger partial charge in [0.2, 0.25) is 0 Å². The molecular weight excluding hydrogens is 374 g/mol. The maximum Gasteiger partial charge on any atom is 0.160 e. The van der Waals surface area contributed by atoms with Crippen molar-refractivity contribution in [2.75, 3.05) is 21.3 Å². The second kappa shape index (κ2) is 8.46. The van der Waals surface area contributed by atoms with Gasteiger partial charge in [0.25, 0.3) is 0 Å². The Balaban J connectivity index is 1.81. The van der Waals surface area contributed by atoms with E-state index in [2.05, 4.69) is 43.3 Å². The molecule has 0 amide bonds. The van der Waals surface area contributed by atoms with Crippen LogP contribution in [0.5, 0.6) is 17.2 Å². The molecule has 0 saturated heterocycles. The summed E-state index contributed by atoms with van der Waals surface area (Å²) in [6, 6.07) is 20.8. The van der Waals surface area contributed by atoms with E-state index in [0.717, 1.165) is 50.4 Å².